The second kappa shape index (κ2) is 5.95. The number of fused-ring (bicyclic) bond motifs is 1. The van der Waals surface area contributed by atoms with Gasteiger partial charge in [0.2, 0.25) is 0 Å². The molecule has 0 saturated carbocycles. The highest BCUT2D eigenvalue weighted by Gasteiger charge is 2.12. The number of anilines is 1. The molecule has 1 aromatic carbocycles. The van der Waals surface area contributed by atoms with Crippen molar-refractivity contribution in [1.82, 2.24) is 10.2 Å². The number of methoxy groups -OCH3 is 1. The molecule has 0 fully saturated rings. The minimum absolute atomic E-state index is 0.0491. The van der Waals surface area contributed by atoms with Crippen molar-refractivity contribution in [2.45, 2.75) is 6.04 Å². The van der Waals surface area contributed by atoms with Crippen molar-refractivity contribution >= 4 is 28.2 Å². The monoisotopic (exact) mass is 267 g/mol. The van der Waals surface area contributed by atoms with Crippen LogP contribution in [-0.4, -0.2) is 41.7 Å². The highest BCUT2D eigenvalue weighted by Crippen LogP contribution is 2.25. The summed E-state index contributed by atoms with van der Waals surface area (Å²) in [5.74, 6) is 0.589. The van der Waals surface area contributed by atoms with E-state index in [1.165, 1.54) is 0 Å². The van der Waals surface area contributed by atoms with Crippen LogP contribution in [0.5, 0.6) is 0 Å². The second-order valence-corrected chi connectivity index (χ2v) is 4.22. The fourth-order valence-electron chi connectivity index (χ4n) is 1.71. The van der Waals surface area contributed by atoms with Crippen molar-refractivity contribution in [3.05, 3.63) is 29.4 Å². The first kappa shape index (κ1) is 13.0. The number of hydrogen-bond acceptors (Lipinski definition) is 5. The summed E-state index contributed by atoms with van der Waals surface area (Å²) in [6.45, 7) is 0.335. The van der Waals surface area contributed by atoms with E-state index in [2.05, 4.69) is 15.5 Å². The molecular formula is C12H14ClN3O2. The Hall–Kier alpha value is -1.43. The Morgan fingerprint density at radius 2 is 2.06 bits per heavy atom. The molecule has 1 unspecified atom stereocenters. The van der Waals surface area contributed by atoms with Gasteiger partial charge in [0.25, 0.3) is 0 Å². The van der Waals surface area contributed by atoms with Gasteiger partial charge in [0.1, 0.15) is 0 Å². The van der Waals surface area contributed by atoms with E-state index in [9.17, 15) is 5.11 Å². The SMILES string of the molecule is COCC(CO)Nc1nnc(Cl)c2ccccc12. The lowest BCUT2D eigenvalue weighted by molar-refractivity contribution is 0.153. The molecule has 5 nitrogen and oxygen atoms in total. The van der Waals surface area contributed by atoms with Crippen molar-refractivity contribution in [3.63, 3.8) is 0 Å². The van der Waals surface area contributed by atoms with Crippen LogP contribution in [0.3, 0.4) is 0 Å². The van der Waals surface area contributed by atoms with E-state index in [-0.39, 0.29) is 12.6 Å². The van der Waals surface area contributed by atoms with Crippen LogP contribution in [-0.2, 0) is 4.74 Å². The summed E-state index contributed by atoms with van der Waals surface area (Å²) >= 11 is 5.99. The van der Waals surface area contributed by atoms with E-state index in [1.54, 1.807) is 7.11 Å². The minimum atomic E-state index is -0.228. The Balaban J connectivity index is 2.36. The lowest BCUT2D eigenvalue weighted by Gasteiger charge is -2.16. The summed E-state index contributed by atoms with van der Waals surface area (Å²) in [6.07, 6.45) is 0. The first-order valence-electron chi connectivity index (χ1n) is 5.53. The molecule has 0 bridgehead atoms. The van der Waals surface area contributed by atoms with Gasteiger partial charge in [0.05, 0.1) is 19.3 Å². The molecule has 2 aromatic rings. The first-order valence-corrected chi connectivity index (χ1v) is 5.91. The average Bonchev–Trinajstić information content (AvgIpc) is 2.41. The third kappa shape index (κ3) is 2.69. The van der Waals surface area contributed by atoms with Gasteiger partial charge in [0, 0.05) is 17.9 Å². The Kier molecular flexibility index (Phi) is 4.30. The summed E-state index contributed by atoms with van der Waals surface area (Å²) in [5.41, 5.74) is 0. The Morgan fingerprint density at radius 3 is 2.72 bits per heavy atom. The molecule has 2 rings (SSSR count). The normalized spacial score (nSPS) is 12.6. The molecule has 1 aromatic heterocycles. The smallest absolute Gasteiger partial charge is 0.159 e. The summed E-state index contributed by atoms with van der Waals surface area (Å²) in [5, 5.41) is 22.3. The van der Waals surface area contributed by atoms with Gasteiger partial charge >= 0.3 is 0 Å². The molecule has 1 heterocycles. The van der Waals surface area contributed by atoms with Gasteiger partial charge in [-0.05, 0) is 0 Å². The molecule has 0 aliphatic heterocycles. The second-order valence-electron chi connectivity index (χ2n) is 3.86. The number of nitrogens with zero attached hydrogens (tertiary/aromatic N) is 2. The van der Waals surface area contributed by atoms with Crippen LogP contribution in [0.1, 0.15) is 0 Å². The summed E-state index contributed by atoms with van der Waals surface area (Å²) in [6, 6.07) is 7.34. The fraction of sp³-hybridized carbons (Fsp3) is 0.333. The van der Waals surface area contributed by atoms with E-state index in [1.807, 2.05) is 24.3 Å². The maximum atomic E-state index is 9.23. The molecule has 6 heteroatoms. The zero-order valence-electron chi connectivity index (χ0n) is 9.93. The predicted octanol–water partition coefficient (Wildman–Crippen LogP) is 1.70. The number of aromatic nitrogens is 2. The van der Waals surface area contributed by atoms with Crippen LogP contribution in [0, 0.1) is 0 Å². The molecule has 0 aliphatic rings. The number of rotatable bonds is 5. The van der Waals surface area contributed by atoms with Crippen molar-refractivity contribution < 1.29 is 9.84 Å². The number of benzene rings is 1. The van der Waals surface area contributed by atoms with Gasteiger partial charge in [-0.2, -0.15) is 0 Å². The molecule has 0 saturated heterocycles. The number of aliphatic hydroxyl groups is 1. The van der Waals surface area contributed by atoms with E-state index < -0.39 is 0 Å². The zero-order chi connectivity index (χ0) is 13.0. The van der Waals surface area contributed by atoms with Gasteiger partial charge in [-0.15, -0.1) is 10.2 Å². The number of ether oxygens (including phenoxy) is 1. The average molecular weight is 268 g/mol. The predicted molar refractivity (Wildman–Crippen MR) is 70.9 cm³/mol. The molecule has 0 amide bonds. The van der Waals surface area contributed by atoms with E-state index in [4.69, 9.17) is 16.3 Å². The third-order valence-electron chi connectivity index (χ3n) is 2.57. The largest absolute Gasteiger partial charge is 0.394 e. The van der Waals surface area contributed by atoms with Crippen LogP contribution >= 0.6 is 11.6 Å². The number of aliphatic hydroxyl groups excluding tert-OH is 1. The van der Waals surface area contributed by atoms with Crippen molar-refractivity contribution in [1.29, 1.82) is 0 Å². The van der Waals surface area contributed by atoms with Crippen molar-refractivity contribution in [3.8, 4) is 0 Å². The summed E-state index contributed by atoms with van der Waals surface area (Å²) in [4.78, 5) is 0. The molecule has 1 atom stereocenters. The molecule has 0 aliphatic carbocycles. The topological polar surface area (TPSA) is 67.3 Å². The van der Waals surface area contributed by atoms with Gasteiger partial charge in [0.15, 0.2) is 11.0 Å². The quantitative estimate of drug-likeness (QED) is 0.863. The van der Waals surface area contributed by atoms with Gasteiger partial charge < -0.3 is 15.2 Å². The highest BCUT2D eigenvalue weighted by atomic mass is 35.5. The lowest BCUT2D eigenvalue weighted by atomic mass is 10.2. The van der Waals surface area contributed by atoms with Crippen LogP contribution in [0.4, 0.5) is 5.82 Å². The Morgan fingerprint density at radius 1 is 1.33 bits per heavy atom. The third-order valence-corrected chi connectivity index (χ3v) is 2.85. The Labute approximate surface area is 110 Å². The molecule has 18 heavy (non-hydrogen) atoms. The molecule has 0 spiro atoms. The van der Waals surface area contributed by atoms with Crippen LogP contribution in [0.2, 0.25) is 5.15 Å². The highest BCUT2D eigenvalue weighted by molar-refractivity contribution is 6.34. The zero-order valence-corrected chi connectivity index (χ0v) is 10.7. The lowest BCUT2D eigenvalue weighted by Crippen LogP contribution is -2.29. The molecule has 2 N–H and O–H groups in total. The summed E-state index contributed by atoms with van der Waals surface area (Å²) in [7, 11) is 1.58. The first-order chi connectivity index (χ1) is 8.76. The van der Waals surface area contributed by atoms with Crippen LogP contribution < -0.4 is 5.32 Å². The molecular weight excluding hydrogens is 254 g/mol. The Bertz CT molecular complexity index is 536. The van der Waals surface area contributed by atoms with E-state index in [0.29, 0.717) is 17.6 Å². The van der Waals surface area contributed by atoms with E-state index >= 15 is 0 Å². The van der Waals surface area contributed by atoms with Crippen molar-refractivity contribution in [2.75, 3.05) is 25.6 Å². The number of halogens is 1. The maximum absolute atomic E-state index is 9.23. The fourth-order valence-corrected chi connectivity index (χ4v) is 1.91. The molecule has 0 radical (unpaired) electrons. The van der Waals surface area contributed by atoms with E-state index in [0.717, 1.165) is 10.8 Å². The maximum Gasteiger partial charge on any atom is 0.159 e. The standard InChI is InChI=1S/C12H14ClN3O2/c1-18-7-8(6-17)14-12-10-5-3-2-4-9(10)11(13)15-16-12/h2-5,8,17H,6-7H2,1H3,(H,14,16). The van der Waals surface area contributed by atoms with Crippen molar-refractivity contribution in [2.24, 2.45) is 0 Å². The summed E-state index contributed by atoms with van der Waals surface area (Å²) < 4.78 is 5.01. The van der Waals surface area contributed by atoms with Gasteiger partial charge in [-0.1, -0.05) is 35.9 Å². The number of hydrogen-bond donors (Lipinski definition) is 2. The van der Waals surface area contributed by atoms with Gasteiger partial charge in [-0.25, -0.2) is 0 Å². The van der Waals surface area contributed by atoms with Gasteiger partial charge in [-0.3, -0.25) is 0 Å². The minimum Gasteiger partial charge on any atom is -0.394 e. The van der Waals surface area contributed by atoms with Crippen LogP contribution in [0.15, 0.2) is 24.3 Å². The molecule has 96 valence electrons. The van der Waals surface area contributed by atoms with Crippen LogP contribution in [0.25, 0.3) is 10.8 Å². The number of nitrogens with one attached hydrogen (secondary N) is 1.